The van der Waals surface area contributed by atoms with Gasteiger partial charge < -0.3 is 11.1 Å². The first-order valence-electron chi connectivity index (χ1n) is 7.12. The van der Waals surface area contributed by atoms with Crippen molar-refractivity contribution < 1.29 is 18.4 Å². The molecule has 0 saturated heterocycles. The van der Waals surface area contributed by atoms with Crippen LogP contribution in [-0.4, -0.2) is 17.9 Å². The summed E-state index contributed by atoms with van der Waals surface area (Å²) in [6.07, 6.45) is -0.0964. The highest BCUT2D eigenvalue weighted by Crippen LogP contribution is 2.14. The maximum atomic E-state index is 13.6. The Morgan fingerprint density at radius 2 is 1.92 bits per heavy atom. The van der Waals surface area contributed by atoms with E-state index in [0.29, 0.717) is 6.07 Å². The standard InChI is InChI=1S/C17H15BrF2N2O2/c18-12-3-1-2-10(6-12)7-15(17(21)24)22-16(23)8-11-4-5-13(19)9-14(11)20/h1-6,9,15H,7-8H2,(H2,21,24)(H,22,23)/t15-/m0/s1. The predicted molar refractivity (Wildman–Crippen MR) is 89.0 cm³/mol. The van der Waals surface area contributed by atoms with E-state index in [0.717, 1.165) is 16.1 Å². The Balaban J connectivity index is 2.04. The average molecular weight is 397 g/mol. The summed E-state index contributed by atoms with van der Waals surface area (Å²) in [5.74, 6) is -2.80. The molecular formula is C17H15BrF2N2O2. The number of primary amides is 1. The van der Waals surface area contributed by atoms with Gasteiger partial charge in [-0.2, -0.15) is 0 Å². The van der Waals surface area contributed by atoms with Gasteiger partial charge in [-0.3, -0.25) is 9.59 Å². The van der Waals surface area contributed by atoms with E-state index < -0.39 is 29.5 Å². The Labute approximate surface area is 146 Å². The van der Waals surface area contributed by atoms with E-state index in [2.05, 4.69) is 21.2 Å². The Morgan fingerprint density at radius 3 is 2.54 bits per heavy atom. The van der Waals surface area contributed by atoms with Gasteiger partial charge in [-0.05, 0) is 29.3 Å². The summed E-state index contributed by atoms with van der Waals surface area (Å²) in [7, 11) is 0. The quantitative estimate of drug-likeness (QED) is 0.786. The molecule has 2 aromatic rings. The fourth-order valence-corrected chi connectivity index (χ4v) is 2.65. The molecule has 0 radical (unpaired) electrons. The minimum atomic E-state index is -0.921. The lowest BCUT2D eigenvalue weighted by Gasteiger charge is -2.16. The first-order valence-corrected chi connectivity index (χ1v) is 7.91. The van der Waals surface area contributed by atoms with E-state index in [1.165, 1.54) is 6.07 Å². The monoisotopic (exact) mass is 396 g/mol. The first kappa shape index (κ1) is 18.1. The van der Waals surface area contributed by atoms with Crippen molar-refractivity contribution in [2.24, 2.45) is 5.73 Å². The molecule has 0 aromatic heterocycles. The fraction of sp³-hybridized carbons (Fsp3) is 0.176. The Hall–Kier alpha value is -2.28. The summed E-state index contributed by atoms with van der Waals surface area (Å²) >= 11 is 3.32. The molecule has 0 saturated carbocycles. The van der Waals surface area contributed by atoms with E-state index in [-0.39, 0.29) is 18.4 Å². The van der Waals surface area contributed by atoms with Gasteiger partial charge >= 0.3 is 0 Å². The van der Waals surface area contributed by atoms with E-state index in [4.69, 9.17) is 5.73 Å². The fourth-order valence-electron chi connectivity index (χ4n) is 2.21. The molecule has 7 heteroatoms. The SMILES string of the molecule is NC(=O)[C@H](Cc1cccc(Br)c1)NC(=O)Cc1ccc(F)cc1F. The van der Waals surface area contributed by atoms with Gasteiger partial charge in [-0.25, -0.2) is 8.78 Å². The van der Waals surface area contributed by atoms with E-state index in [1.54, 1.807) is 12.1 Å². The molecule has 0 fully saturated rings. The number of amides is 2. The molecule has 0 heterocycles. The first-order chi connectivity index (χ1) is 11.3. The van der Waals surface area contributed by atoms with Gasteiger partial charge in [-0.1, -0.05) is 34.1 Å². The second kappa shape index (κ2) is 8.01. The minimum Gasteiger partial charge on any atom is -0.368 e. The zero-order valence-corrected chi connectivity index (χ0v) is 14.1. The van der Waals surface area contributed by atoms with Crippen molar-refractivity contribution in [3.8, 4) is 0 Å². The van der Waals surface area contributed by atoms with E-state index in [9.17, 15) is 18.4 Å². The third-order valence-electron chi connectivity index (χ3n) is 3.37. The zero-order chi connectivity index (χ0) is 17.7. The van der Waals surface area contributed by atoms with Crippen LogP contribution in [0.1, 0.15) is 11.1 Å². The number of hydrogen-bond donors (Lipinski definition) is 2. The summed E-state index contributed by atoms with van der Waals surface area (Å²) in [5, 5.41) is 2.49. The van der Waals surface area contributed by atoms with Crippen LogP contribution >= 0.6 is 15.9 Å². The number of halogens is 3. The lowest BCUT2D eigenvalue weighted by atomic mass is 10.0. The lowest BCUT2D eigenvalue weighted by Crippen LogP contribution is -2.46. The number of rotatable bonds is 6. The lowest BCUT2D eigenvalue weighted by molar-refractivity contribution is -0.127. The minimum absolute atomic E-state index is 0.0413. The predicted octanol–water partition coefficient (Wildman–Crippen LogP) is 2.48. The summed E-state index contributed by atoms with van der Waals surface area (Å²) in [6, 6.07) is 9.28. The van der Waals surface area contributed by atoms with Crippen LogP contribution in [0.2, 0.25) is 0 Å². The molecule has 24 heavy (non-hydrogen) atoms. The largest absolute Gasteiger partial charge is 0.368 e. The number of benzene rings is 2. The molecule has 126 valence electrons. The highest BCUT2D eigenvalue weighted by Gasteiger charge is 2.19. The zero-order valence-electron chi connectivity index (χ0n) is 12.6. The second-order valence-corrected chi connectivity index (χ2v) is 6.18. The van der Waals surface area contributed by atoms with Crippen LogP contribution in [0.4, 0.5) is 8.78 Å². The number of nitrogens with two attached hydrogens (primary N) is 1. The summed E-state index contributed by atoms with van der Waals surface area (Å²) < 4.78 is 27.3. The number of hydrogen-bond acceptors (Lipinski definition) is 2. The molecule has 2 aromatic carbocycles. The summed E-state index contributed by atoms with van der Waals surface area (Å²) in [4.78, 5) is 23.6. The van der Waals surface area contributed by atoms with Gasteiger partial charge in [0.2, 0.25) is 11.8 Å². The van der Waals surface area contributed by atoms with Crippen molar-refractivity contribution in [3.05, 3.63) is 69.7 Å². The number of carbonyl (C=O) groups excluding carboxylic acids is 2. The van der Waals surface area contributed by atoms with Crippen LogP contribution in [0.5, 0.6) is 0 Å². The van der Waals surface area contributed by atoms with Crippen LogP contribution in [-0.2, 0) is 22.4 Å². The second-order valence-electron chi connectivity index (χ2n) is 5.27. The molecule has 3 N–H and O–H groups in total. The molecule has 0 aliphatic rings. The average Bonchev–Trinajstić information content (AvgIpc) is 2.49. The molecule has 0 unspecified atom stereocenters. The van der Waals surface area contributed by atoms with Gasteiger partial charge in [0.05, 0.1) is 6.42 Å². The Bertz CT molecular complexity index is 768. The molecule has 2 rings (SSSR count). The Morgan fingerprint density at radius 1 is 1.17 bits per heavy atom. The van der Waals surface area contributed by atoms with Crippen molar-refractivity contribution in [1.29, 1.82) is 0 Å². The molecular weight excluding hydrogens is 382 g/mol. The smallest absolute Gasteiger partial charge is 0.240 e. The van der Waals surface area contributed by atoms with Gasteiger partial charge in [-0.15, -0.1) is 0 Å². The van der Waals surface area contributed by atoms with E-state index >= 15 is 0 Å². The molecule has 0 bridgehead atoms. The topological polar surface area (TPSA) is 72.2 Å². The van der Waals surface area contributed by atoms with Crippen LogP contribution in [0.25, 0.3) is 0 Å². The number of carbonyl (C=O) groups is 2. The van der Waals surface area contributed by atoms with Gasteiger partial charge in [0.1, 0.15) is 17.7 Å². The third-order valence-corrected chi connectivity index (χ3v) is 3.87. The van der Waals surface area contributed by atoms with Crippen LogP contribution in [0, 0.1) is 11.6 Å². The maximum Gasteiger partial charge on any atom is 0.240 e. The van der Waals surface area contributed by atoms with Crippen molar-refractivity contribution in [1.82, 2.24) is 5.32 Å². The molecule has 0 aliphatic heterocycles. The maximum absolute atomic E-state index is 13.6. The molecule has 1 atom stereocenters. The molecule has 0 aliphatic carbocycles. The van der Waals surface area contributed by atoms with Crippen molar-refractivity contribution in [2.75, 3.05) is 0 Å². The molecule has 2 amide bonds. The van der Waals surface area contributed by atoms with Crippen molar-refractivity contribution in [2.45, 2.75) is 18.9 Å². The third kappa shape index (κ3) is 5.13. The normalized spacial score (nSPS) is 11.8. The molecule has 0 spiro atoms. The van der Waals surface area contributed by atoms with Crippen molar-refractivity contribution >= 4 is 27.7 Å². The number of nitrogens with one attached hydrogen (secondary N) is 1. The summed E-state index contributed by atoms with van der Waals surface area (Å²) in [6.45, 7) is 0. The molecule has 4 nitrogen and oxygen atoms in total. The van der Waals surface area contributed by atoms with Crippen LogP contribution in [0.3, 0.4) is 0 Å². The van der Waals surface area contributed by atoms with Gasteiger partial charge in [0, 0.05) is 17.0 Å². The van der Waals surface area contributed by atoms with E-state index in [1.807, 2.05) is 12.1 Å². The van der Waals surface area contributed by atoms with Crippen molar-refractivity contribution in [3.63, 3.8) is 0 Å². The highest BCUT2D eigenvalue weighted by atomic mass is 79.9. The Kier molecular flexibility index (Phi) is 6.03. The highest BCUT2D eigenvalue weighted by molar-refractivity contribution is 9.10. The van der Waals surface area contributed by atoms with Crippen LogP contribution in [0.15, 0.2) is 46.9 Å². The van der Waals surface area contributed by atoms with Crippen LogP contribution < -0.4 is 11.1 Å². The summed E-state index contributed by atoms with van der Waals surface area (Å²) in [5.41, 5.74) is 6.17. The van der Waals surface area contributed by atoms with Gasteiger partial charge in [0.15, 0.2) is 0 Å². The van der Waals surface area contributed by atoms with Gasteiger partial charge in [0.25, 0.3) is 0 Å².